The molecule has 2 aromatic carbocycles. The van der Waals surface area contributed by atoms with Gasteiger partial charge in [-0.15, -0.1) is 0 Å². The van der Waals surface area contributed by atoms with Crippen LogP contribution in [0.25, 0.3) is 6.08 Å². The predicted molar refractivity (Wildman–Crippen MR) is 108 cm³/mol. The maximum atomic E-state index is 12.6. The minimum absolute atomic E-state index is 0.00300. The fourth-order valence-electron chi connectivity index (χ4n) is 2.64. The van der Waals surface area contributed by atoms with Gasteiger partial charge in [0, 0.05) is 30.5 Å². The van der Waals surface area contributed by atoms with Crippen LogP contribution < -0.4 is 0 Å². The topological polar surface area (TPSA) is 75.8 Å². The van der Waals surface area contributed by atoms with Gasteiger partial charge < -0.3 is 0 Å². The summed E-state index contributed by atoms with van der Waals surface area (Å²) in [5.41, 5.74) is 1.71. The summed E-state index contributed by atoms with van der Waals surface area (Å²) >= 11 is 1.58. The third-order valence-corrected chi connectivity index (χ3v) is 5.09. The lowest BCUT2D eigenvalue weighted by atomic mass is 10.2. The Morgan fingerprint density at radius 2 is 2.04 bits per heavy atom. The van der Waals surface area contributed by atoms with Crippen molar-refractivity contribution in [3.05, 3.63) is 81.9 Å². The highest BCUT2D eigenvalue weighted by Gasteiger charge is 2.21. The summed E-state index contributed by atoms with van der Waals surface area (Å²) in [4.78, 5) is 29.3. The Kier molecular flexibility index (Phi) is 6.38. The number of amides is 1. The number of nitrogens with zero attached hydrogens (tertiary/aromatic N) is 3. The molecule has 0 aliphatic carbocycles. The number of aliphatic imine (C=N–C) groups is 1. The first kappa shape index (κ1) is 18.8. The second-order valence-corrected chi connectivity index (χ2v) is 7.02. The van der Waals surface area contributed by atoms with Gasteiger partial charge in [0.15, 0.2) is 5.17 Å². The maximum absolute atomic E-state index is 12.6. The molecule has 3 rings (SSSR count). The van der Waals surface area contributed by atoms with Gasteiger partial charge in [0.05, 0.1) is 11.5 Å². The van der Waals surface area contributed by atoms with Crippen molar-refractivity contribution in [1.82, 2.24) is 4.90 Å². The van der Waals surface area contributed by atoms with Crippen LogP contribution >= 0.6 is 11.8 Å². The fraction of sp³-hybridized carbons (Fsp3) is 0.200. The summed E-state index contributed by atoms with van der Waals surface area (Å²) in [6.07, 6.45) is 3.96. The Bertz CT molecular complexity index is 881. The molecule has 0 saturated carbocycles. The Morgan fingerprint density at radius 3 is 2.81 bits per heavy atom. The maximum Gasteiger partial charge on any atom is 0.270 e. The van der Waals surface area contributed by atoms with Crippen LogP contribution in [-0.4, -0.2) is 33.2 Å². The van der Waals surface area contributed by atoms with Crippen LogP contribution in [0.4, 0.5) is 5.69 Å². The van der Waals surface area contributed by atoms with E-state index in [0.29, 0.717) is 18.7 Å². The molecule has 1 aliphatic rings. The van der Waals surface area contributed by atoms with E-state index in [1.165, 1.54) is 18.2 Å². The van der Waals surface area contributed by atoms with Crippen LogP contribution in [0.15, 0.2) is 65.7 Å². The van der Waals surface area contributed by atoms with Crippen LogP contribution in [0.5, 0.6) is 0 Å². The summed E-state index contributed by atoms with van der Waals surface area (Å²) in [5, 5.41) is 11.6. The van der Waals surface area contributed by atoms with Gasteiger partial charge in [-0.25, -0.2) is 0 Å². The Labute approximate surface area is 161 Å². The zero-order chi connectivity index (χ0) is 19.1. The summed E-state index contributed by atoms with van der Waals surface area (Å²) < 4.78 is 0. The number of nitro groups is 1. The summed E-state index contributed by atoms with van der Waals surface area (Å²) in [7, 11) is 0. The summed E-state index contributed by atoms with van der Waals surface area (Å²) in [6.45, 7) is 1.15. The van der Waals surface area contributed by atoms with Gasteiger partial charge in [0.1, 0.15) is 0 Å². The van der Waals surface area contributed by atoms with Gasteiger partial charge in [-0.05, 0) is 23.6 Å². The van der Waals surface area contributed by atoms with Crippen LogP contribution in [0.2, 0.25) is 0 Å². The number of thioether (sulfide) groups is 1. The number of non-ortho nitro benzene ring substituents is 1. The molecule has 0 bridgehead atoms. The van der Waals surface area contributed by atoms with Crippen molar-refractivity contribution >= 4 is 34.6 Å². The molecule has 1 heterocycles. The molecule has 6 nitrogen and oxygen atoms in total. The number of carbonyl (C=O) groups excluding carboxylic acids is 1. The first-order valence-electron chi connectivity index (χ1n) is 8.59. The highest BCUT2D eigenvalue weighted by molar-refractivity contribution is 8.13. The standard InChI is InChI=1S/C20H19N3O3S/c24-19(11-10-16-8-4-9-18(14-16)23(25)26)22-12-5-13-27-20(22)21-15-17-6-2-1-3-7-17/h1-4,6-11,14H,5,12-13,15H2. The van der Waals surface area contributed by atoms with E-state index in [1.807, 2.05) is 30.3 Å². The van der Waals surface area contributed by atoms with Gasteiger partial charge >= 0.3 is 0 Å². The summed E-state index contributed by atoms with van der Waals surface area (Å²) in [5.74, 6) is 0.770. The molecule has 0 aromatic heterocycles. The lowest BCUT2D eigenvalue weighted by molar-refractivity contribution is -0.384. The van der Waals surface area contributed by atoms with Gasteiger partial charge in [0.25, 0.3) is 11.6 Å². The smallest absolute Gasteiger partial charge is 0.270 e. The number of amidine groups is 1. The molecule has 0 unspecified atom stereocenters. The lowest BCUT2D eigenvalue weighted by Crippen LogP contribution is -2.38. The Morgan fingerprint density at radius 1 is 1.22 bits per heavy atom. The molecule has 0 N–H and O–H groups in total. The predicted octanol–water partition coefficient (Wildman–Crippen LogP) is 4.13. The van der Waals surface area contributed by atoms with Gasteiger partial charge in [-0.2, -0.15) is 0 Å². The van der Waals surface area contributed by atoms with E-state index < -0.39 is 4.92 Å². The molecule has 0 radical (unpaired) electrons. The zero-order valence-corrected chi connectivity index (χ0v) is 15.5. The number of nitro benzene ring substituents is 1. The molecule has 2 aromatic rings. The highest BCUT2D eigenvalue weighted by atomic mass is 32.2. The van der Waals surface area contributed by atoms with E-state index >= 15 is 0 Å². The van der Waals surface area contributed by atoms with E-state index in [-0.39, 0.29) is 11.6 Å². The van der Waals surface area contributed by atoms with Crippen molar-refractivity contribution in [2.45, 2.75) is 13.0 Å². The minimum Gasteiger partial charge on any atom is -0.288 e. The Hall–Kier alpha value is -2.93. The van der Waals surface area contributed by atoms with E-state index in [9.17, 15) is 14.9 Å². The second kappa shape index (κ2) is 9.14. The van der Waals surface area contributed by atoms with Gasteiger partial charge in [-0.3, -0.25) is 24.8 Å². The SMILES string of the molecule is O=C(C=Cc1cccc([N+](=O)[O-])c1)N1CCCSC1=NCc1ccccc1. The van der Waals surface area contributed by atoms with Crippen LogP contribution in [0.1, 0.15) is 17.5 Å². The zero-order valence-electron chi connectivity index (χ0n) is 14.7. The fourth-order valence-corrected chi connectivity index (χ4v) is 3.59. The number of rotatable bonds is 5. The number of hydrogen-bond donors (Lipinski definition) is 0. The van der Waals surface area contributed by atoms with Gasteiger partial charge in [-0.1, -0.05) is 54.2 Å². The van der Waals surface area contributed by atoms with Crippen LogP contribution in [0.3, 0.4) is 0 Å². The van der Waals surface area contributed by atoms with E-state index in [1.54, 1.807) is 34.9 Å². The van der Waals surface area contributed by atoms with Crippen molar-refractivity contribution in [3.8, 4) is 0 Å². The molecule has 0 atom stereocenters. The summed E-state index contributed by atoms with van der Waals surface area (Å²) in [6, 6.07) is 16.1. The van der Waals surface area contributed by atoms with Crippen molar-refractivity contribution in [2.24, 2.45) is 4.99 Å². The molecule has 27 heavy (non-hydrogen) atoms. The molecule has 1 saturated heterocycles. The molecule has 0 spiro atoms. The molecule has 138 valence electrons. The molecular weight excluding hydrogens is 362 g/mol. The first-order valence-corrected chi connectivity index (χ1v) is 9.57. The quantitative estimate of drug-likeness (QED) is 0.443. The van der Waals surface area contributed by atoms with E-state index in [4.69, 9.17) is 0 Å². The van der Waals surface area contributed by atoms with E-state index in [2.05, 4.69) is 4.99 Å². The number of hydrogen-bond acceptors (Lipinski definition) is 5. The normalized spacial score (nSPS) is 16.0. The number of carbonyl (C=O) groups is 1. The highest BCUT2D eigenvalue weighted by Crippen LogP contribution is 2.20. The van der Waals surface area contributed by atoms with E-state index in [0.717, 1.165) is 22.9 Å². The average molecular weight is 381 g/mol. The molecule has 1 fully saturated rings. The Balaban J connectivity index is 1.71. The third-order valence-electron chi connectivity index (χ3n) is 3.99. The molecular formula is C20H19N3O3S. The molecule has 7 heteroatoms. The van der Waals surface area contributed by atoms with Gasteiger partial charge in [0.2, 0.25) is 0 Å². The van der Waals surface area contributed by atoms with Crippen molar-refractivity contribution in [2.75, 3.05) is 12.3 Å². The lowest BCUT2D eigenvalue weighted by Gasteiger charge is -2.26. The van der Waals surface area contributed by atoms with Crippen molar-refractivity contribution < 1.29 is 9.72 Å². The number of benzene rings is 2. The van der Waals surface area contributed by atoms with Crippen molar-refractivity contribution in [1.29, 1.82) is 0 Å². The van der Waals surface area contributed by atoms with Crippen LogP contribution in [-0.2, 0) is 11.3 Å². The second-order valence-electron chi connectivity index (χ2n) is 5.96. The van der Waals surface area contributed by atoms with Crippen molar-refractivity contribution in [3.63, 3.8) is 0 Å². The molecule has 1 aliphatic heterocycles. The third kappa shape index (κ3) is 5.27. The largest absolute Gasteiger partial charge is 0.288 e. The molecule has 1 amide bonds. The average Bonchev–Trinajstić information content (AvgIpc) is 2.71. The minimum atomic E-state index is -0.450. The first-order chi connectivity index (χ1) is 13.1. The monoisotopic (exact) mass is 381 g/mol. The van der Waals surface area contributed by atoms with Crippen LogP contribution in [0, 0.1) is 10.1 Å².